The van der Waals surface area contributed by atoms with Crippen LogP contribution in [-0.2, 0) is 9.53 Å². The fraction of sp³-hybridized carbons (Fsp3) is 0.161. The van der Waals surface area contributed by atoms with Crippen LogP contribution in [-0.4, -0.2) is 30.9 Å². The lowest BCUT2D eigenvalue weighted by Gasteiger charge is -2.25. The molecule has 0 aliphatic carbocycles. The highest BCUT2D eigenvalue weighted by molar-refractivity contribution is 7.07. The Labute approximate surface area is 238 Å². The summed E-state index contributed by atoms with van der Waals surface area (Å²) in [5.74, 6) is -0.254. The lowest BCUT2D eigenvalue weighted by atomic mass is 9.93. The first kappa shape index (κ1) is 27.6. The van der Waals surface area contributed by atoms with Crippen LogP contribution >= 0.6 is 11.3 Å². The van der Waals surface area contributed by atoms with Crippen LogP contribution in [0.25, 0.3) is 11.8 Å². The van der Waals surface area contributed by atoms with Crippen molar-refractivity contribution < 1.29 is 23.4 Å². The Balaban J connectivity index is 1.75. The molecule has 1 aromatic heterocycles. The number of rotatable bonds is 8. The monoisotopic (exact) mass is 569 g/mol. The highest BCUT2D eigenvalue weighted by Gasteiger charge is 2.35. The quantitative estimate of drug-likeness (QED) is 0.298. The van der Waals surface area contributed by atoms with Crippen molar-refractivity contribution in [2.45, 2.75) is 13.0 Å². The summed E-state index contributed by atoms with van der Waals surface area (Å²) in [4.78, 5) is 32.6. The molecule has 8 nitrogen and oxygen atoms in total. The summed E-state index contributed by atoms with van der Waals surface area (Å²) in [6.07, 6.45) is 1.69. The van der Waals surface area contributed by atoms with Crippen LogP contribution in [0.4, 0.5) is 4.39 Å². The number of carbonyl (C=O) groups is 1. The van der Waals surface area contributed by atoms with E-state index >= 15 is 0 Å². The van der Waals surface area contributed by atoms with Gasteiger partial charge >= 0.3 is 5.97 Å². The third-order valence-corrected chi connectivity index (χ3v) is 7.32. The number of thiazole rings is 1. The fourth-order valence-electron chi connectivity index (χ4n) is 4.56. The molecule has 0 unspecified atom stereocenters. The van der Waals surface area contributed by atoms with Gasteiger partial charge in [-0.2, -0.15) is 5.26 Å². The number of ether oxygens (including phenoxy) is 3. The molecule has 4 aromatic rings. The van der Waals surface area contributed by atoms with E-state index in [1.807, 2.05) is 36.4 Å². The standard InChI is InChI=1S/C31H24FN3O5S/c1-3-39-30(37)26-27(20-7-5-4-6-8-20)34-31-35(28(26)21-10-12-22(32)13-11-21)29(36)25(41-31)18-19-9-14-23(40-16-15-33)24(17-19)38-2/h4-14,17-18,28H,3,16H2,1-2H3/b25-18-/t28-/m0/s1. The number of hydrogen-bond donors (Lipinski definition) is 0. The normalized spacial score (nSPS) is 14.6. The Bertz CT molecular complexity index is 1850. The van der Waals surface area contributed by atoms with Crippen LogP contribution < -0.4 is 24.4 Å². The molecule has 206 valence electrons. The average Bonchev–Trinajstić information content (AvgIpc) is 3.30. The predicted molar refractivity (Wildman–Crippen MR) is 152 cm³/mol. The van der Waals surface area contributed by atoms with Crippen LogP contribution in [0.1, 0.15) is 29.7 Å². The molecule has 10 heteroatoms. The Morgan fingerprint density at radius 1 is 1.12 bits per heavy atom. The zero-order valence-corrected chi connectivity index (χ0v) is 23.0. The van der Waals surface area contributed by atoms with Gasteiger partial charge in [-0.05, 0) is 48.4 Å². The summed E-state index contributed by atoms with van der Waals surface area (Å²) >= 11 is 1.17. The number of benzene rings is 3. The maximum atomic E-state index is 13.9. The summed E-state index contributed by atoms with van der Waals surface area (Å²) in [7, 11) is 1.48. The molecule has 5 rings (SSSR count). The van der Waals surface area contributed by atoms with Crippen LogP contribution in [0.2, 0.25) is 0 Å². The maximum absolute atomic E-state index is 13.9. The number of carbonyl (C=O) groups excluding carboxylic acids is 1. The van der Waals surface area contributed by atoms with Crippen LogP contribution in [0, 0.1) is 17.1 Å². The van der Waals surface area contributed by atoms with E-state index in [1.165, 1.54) is 35.1 Å². The Kier molecular flexibility index (Phi) is 8.08. The number of fused-ring (bicyclic) bond motifs is 1. The van der Waals surface area contributed by atoms with Crippen LogP contribution in [0.15, 0.2) is 88.2 Å². The van der Waals surface area contributed by atoms with E-state index in [1.54, 1.807) is 43.3 Å². The fourth-order valence-corrected chi connectivity index (χ4v) is 5.56. The van der Waals surface area contributed by atoms with Gasteiger partial charge in [0.05, 0.1) is 35.6 Å². The number of aromatic nitrogens is 1. The third-order valence-electron chi connectivity index (χ3n) is 6.34. The molecular formula is C31H24FN3O5S. The molecule has 2 heterocycles. The highest BCUT2D eigenvalue weighted by Crippen LogP contribution is 2.35. The number of methoxy groups -OCH3 is 1. The number of halogens is 1. The van der Waals surface area contributed by atoms with E-state index in [2.05, 4.69) is 0 Å². The van der Waals surface area contributed by atoms with Gasteiger partial charge in [-0.1, -0.05) is 59.9 Å². The number of hydrogen-bond acceptors (Lipinski definition) is 8. The molecule has 1 aliphatic rings. The van der Waals surface area contributed by atoms with Crippen molar-refractivity contribution in [3.8, 4) is 17.6 Å². The summed E-state index contributed by atoms with van der Waals surface area (Å²) in [6.45, 7) is 1.69. The van der Waals surface area contributed by atoms with Crippen molar-refractivity contribution in [1.29, 1.82) is 5.26 Å². The molecular weight excluding hydrogens is 545 g/mol. The molecule has 0 saturated heterocycles. The first-order valence-corrected chi connectivity index (χ1v) is 13.5. The SMILES string of the molecule is CCOC(=O)C1=C(c2ccccc2)N=c2s/c(=C\c3ccc(OCC#N)c(OC)c3)c(=O)n2[C@H]1c1ccc(F)cc1. The van der Waals surface area contributed by atoms with E-state index < -0.39 is 17.8 Å². The zero-order valence-electron chi connectivity index (χ0n) is 22.2. The molecule has 41 heavy (non-hydrogen) atoms. The minimum absolute atomic E-state index is 0.126. The zero-order chi connectivity index (χ0) is 28.9. The largest absolute Gasteiger partial charge is 0.493 e. The van der Waals surface area contributed by atoms with Crippen LogP contribution in [0.3, 0.4) is 0 Å². The van der Waals surface area contributed by atoms with Gasteiger partial charge in [0.1, 0.15) is 11.9 Å². The van der Waals surface area contributed by atoms with E-state index in [9.17, 15) is 14.0 Å². The first-order valence-electron chi connectivity index (χ1n) is 12.7. The van der Waals surface area contributed by atoms with Crippen molar-refractivity contribution in [2.75, 3.05) is 20.3 Å². The smallest absolute Gasteiger partial charge is 0.338 e. The van der Waals surface area contributed by atoms with E-state index in [0.29, 0.717) is 43.2 Å². The van der Waals surface area contributed by atoms with Gasteiger partial charge in [-0.15, -0.1) is 0 Å². The summed E-state index contributed by atoms with van der Waals surface area (Å²) in [6, 6.07) is 21.0. The van der Waals surface area contributed by atoms with Crippen molar-refractivity contribution in [1.82, 2.24) is 4.57 Å². The molecule has 0 spiro atoms. The van der Waals surface area contributed by atoms with Gasteiger partial charge < -0.3 is 14.2 Å². The molecule has 3 aromatic carbocycles. The van der Waals surface area contributed by atoms with Gasteiger partial charge in [-0.25, -0.2) is 14.2 Å². The second-order valence-electron chi connectivity index (χ2n) is 8.84. The molecule has 0 bridgehead atoms. The lowest BCUT2D eigenvalue weighted by Crippen LogP contribution is -2.40. The predicted octanol–water partition coefficient (Wildman–Crippen LogP) is 3.99. The second kappa shape index (κ2) is 12.0. The summed E-state index contributed by atoms with van der Waals surface area (Å²) in [5.41, 5.74) is 2.06. The average molecular weight is 570 g/mol. The number of nitriles is 1. The van der Waals surface area contributed by atoms with Gasteiger partial charge in [0.2, 0.25) is 0 Å². The molecule has 0 radical (unpaired) electrons. The van der Waals surface area contributed by atoms with Gasteiger partial charge in [0.15, 0.2) is 22.9 Å². The molecule has 0 N–H and O–H groups in total. The topological polar surface area (TPSA) is 103 Å². The molecule has 1 aliphatic heterocycles. The Morgan fingerprint density at radius 2 is 1.88 bits per heavy atom. The van der Waals surface area contributed by atoms with E-state index in [-0.39, 0.29) is 24.3 Å². The maximum Gasteiger partial charge on any atom is 0.338 e. The molecule has 0 saturated carbocycles. The molecule has 0 fully saturated rings. The van der Waals surface area contributed by atoms with Crippen molar-refractivity contribution in [2.24, 2.45) is 4.99 Å². The van der Waals surface area contributed by atoms with Gasteiger partial charge in [-0.3, -0.25) is 9.36 Å². The number of esters is 1. The van der Waals surface area contributed by atoms with E-state index in [0.717, 1.165) is 0 Å². The number of nitrogens with zero attached hydrogens (tertiary/aromatic N) is 3. The van der Waals surface area contributed by atoms with E-state index in [4.69, 9.17) is 24.5 Å². The minimum atomic E-state index is -0.903. The van der Waals surface area contributed by atoms with Crippen molar-refractivity contribution >= 4 is 29.1 Å². The lowest BCUT2D eigenvalue weighted by molar-refractivity contribution is -0.138. The highest BCUT2D eigenvalue weighted by atomic mass is 32.1. The Morgan fingerprint density at radius 3 is 2.56 bits per heavy atom. The van der Waals surface area contributed by atoms with Gasteiger partial charge in [0.25, 0.3) is 5.56 Å². The minimum Gasteiger partial charge on any atom is -0.493 e. The van der Waals surface area contributed by atoms with Crippen LogP contribution in [0.5, 0.6) is 11.5 Å². The third kappa shape index (κ3) is 5.53. The summed E-state index contributed by atoms with van der Waals surface area (Å²) < 4.78 is 32.0. The second-order valence-corrected chi connectivity index (χ2v) is 9.85. The molecule has 0 amide bonds. The van der Waals surface area contributed by atoms with Crippen molar-refractivity contribution in [3.63, 3.8) is 0 Å². The van der Waals surface area contributed by atoms with Gasteiger partial charge in [0, 0.05) is 5.56 Å². The Hall–Kier alpha value is -5.01. The summed E-state index contributed by atoms with van der Waals surface area (Å²) in [5, 5.41) is 8.83. The molecule has 1 atom stereocenters. The first-order chi connectivity index (χ1) is 19.9. The van der Waals surface area contributed by atoms with Crippen molar-refractivity contribution in [3.05, 3.63) is 121 Å².